The second-order valence-electron chi connectivity index (χ2n) is 7.04. The van der Waals surface area contributed by atoms with Crippen LogP contribution in [0.25, 0.3) is 0 Å². The predicted molar refractivity (Wildman–Crippen MR) is 106 cm³/mol. The van der Waals surface area contributed by atoms with Crippen molar-refractivity contribution in [1.82, 2.24) is 10.2 Å². The number of carbonyl (C=O) groups is 1. The monoisotopic (exact) mass is 386 g/mol. The Hall–Kier alpha value is -2.60. The van der Waals surface area contributed by atoms with Crippen LogP contribution in [0.2, 0.25) is 0 Å². The van der Waals surface area contributed by atoms with Crippen LogP contribution in [0.15, 0.2) is 36.4 Å². The van der Waals surface area contributed by atoms with Crippen molar-refractivity contribution in [3.63, 3.8) is 0 Å². The second-order valence-corrected chi connectivity index (χ2v) is 7.04. The molecule has 0 spiro atoms. The Morgan fingerprint density at radius 1 is 1.14 bits per heavy atom. The Balaban J connectivity index is 1.56. The number of ether oxygens (including phenoxy) is 2. The molecule has 0 saturated heterocycles. The molecule has 0 bridgehead atoms. The predicted octanol–water partition coefficient (Wildman–Crippen LogP) is 2.95. The minimum absolute atomic E-state index is 0.00559. The van der Waals surface area contributed by atoms with Crippen LogP contribution in [0.5, 0.6) is 11.5 Å². The van der Waals surface area contributed by atoms with E-state index in [1.54, 1.807) is 26.4 Å². The first-order chi connectivity index (χ1) is 13.5. The zero-order valence-corrected chi connectivity index (χ0v) is 16.6. The quantitative estimate of drug-likeness (QED) is 0.795. The fourth-order valence-electron chi connectivity index (χ4n) is 3.53. The van der Waals surface area contributed by atoms with Gasteiger partial charge in [0.2, 0.25) is 5.91 Å². The van der Waals surface area contributed by atoms with Gasteiger partial charge in [-0.2, -0.15) is 0 Å². The Morgan fingerprint density at radius 2 is 1.79 bits per heavy atom. The first-order valence-electron chi connectivity index (χ1n) is 9.51. The topological polar surface area (TPSA) is 50.8 Å². The largest absolute Gasteiger partial charge is 0.493 e. The van der Waals surface area contributed by atoms with Crippen molar-refractivity contribution in [2.75, 3.05) is 27.3 Å². The second kappa shape index (κ2) is 9.06. The summed E-state index contributed by atoms with van der Waals surface area (Å²) in [4.78, 5) is 14.7. The highest BCUT2D eigenvalue weighted by Gasteiger charge is 2.26. The molecule has 0 radical (unpaired) electrons. The maximum Gasteiger partial charge on any atom is 0.237 e. The third-order valence-corrected chi connectivity index (χ3v) is 5.30. The molecule has 0 aromatic heterocycles. The summed E-state index contributed by atoms with van der Waals surface area (Å²) >= 11 is 0. The Bertz CT molecular complexity index is 823. The molecular formula is C22H27FN2O3. The standard InChI is InChI=1S/C22H27FN2O3/c1-15(22(26)24-10-8-16-4-6-19(23)7-5-16)25-11-9-17-12-20(27-2)21(28-3)13-18(17)14-25/h4-7,12-13,15H,8-11,14H2,1-3H3,(H,24,26). The number of hydrogen-bond acceptors (Lipinski definition) is 4. The van der Waals surface area contributed by atoms with Crippen LogP contribution in [0.1, 0.15) is 23.6 Å². The summed E-state index contributed by atoms with van der Waals surface area (Å²) in [6.07, 6.45) is 1.54. The maximum absolute atomic E-state index is 13.0. The number of methoxy groups -OCH3 is 2. The molecule has 1 unspecified atom stereocenters. The Labute approximate surface area is 165 Å². The molecule has 6 heteroatoms. The number of rotatable bonds is 7. The molecule has 0 saturated carbocycles. The molecule has 0 aliphatic carbocycles. The lowest BCUT2D eigenvalue weighted by atomic mass is 9.97. The molecular weight excluding hydrogens is 359 g/mol. The smallest absolute Gasteiger partial charge is 0.237 e. The van der Waals surface area contributed by atoms with Crippen molar-refractivity contribution < 1.29 is 18.7 Å². The van der Waals surface area contributed by atoms with Crippen LogP contribution in [0.4, 0.5) is 4.39 Å². The maximum atomic E-state index is 13.0. The number of nitrogens with one attached hydrogen (secondary N) is 1. The highest BCUT2D eigenvalue weighted by molar-refractivity contribution is 5.81. The van der Waals surface area contributed by atoms with E-state index in [1.807, 2.05) is 19.1 Å². The number of nitrogens with zero attached hydrogens (tertiary/aromatic N) is 1. The minimum Gasteiger partial charge on any atom is -0.493 e. The van der Waals surface area contributed by atoms with Crippen molar-refractivity contribution in [2.45, 2.75) is 32.4 Å². The molecule has 3 rings (SSSR count). The summed E-state index contributed by atoms with van der Waals surface area (Å²) in [5, 5.41) is 2.99. The van der Waals surface area contributed by atoms with E-state index in [4.69, 9.17) is 9.47 Å². The third-order valence-electron chi connectivity index (χ3n) is 5.30. The van der Waals surface area contributed by atoms with Crippen LogP contribution >= 0.6 is 0 Å². The lowest BCUT2D eigenvalue weighted by Gasteiger charge is -2.33. The van der Waals surface area contributed by atoms with Gasteiger partial charge in [-0.15, -0.1) is 0 Å². The van der Waals surface area contributed by atoms with Gasteiger partial charge in [-0.25, -0.2) is 4.39 Å². The van der Waals surface area contributed by atoms with Gasteiger partial charge in [0.1, 0.15) is 5.82 Å². The van der Waals surface area contributed by atoms with Gasteiger partial charge in [0.15, 0.2) is 11.5 Å². The van der Waals surface area contributed by atoms with E-state index in [-0.39, 0.29) is 17.8 Å². The van der Waals surface area contributed by atoms with Gasteiger partial charge in [-0.1, -0.05) is 12.1 Å². The van der Waals surface area contributed by atoms with Crippen LogP contribution in [0, 0.1) is 5.82 Å². The van der Waals surface area contributed by atoms with Crippen molar-refractivity contribution in [1.29, 1.82) is 0 Å². The molecule has 1 amide bonds. The zero-order valence-electron chi connectivity index (χ0n) is 16.6. The van der Waals surface area contributed by atoms with E-state index >= 15 is 0 Å². The number of amides is 1. The molecule has 28 heavy (non-hydrogen) atoms. The van der Waals surface area contributed by atoms with Crippen molar-refractivity contribution in [2.24, 2.45) is 0 Å². The first kappa shape index (κ1) is 20.1. The number of fused-ring (bicyclic) bond motifs is 1. The normalized spacial score (nSPS) is 14.9. The van der Waals surface area contributed by atoms with E-state index in [0.29, 0.717) is 25.3 Å². The van der Waals surface area contributed by atoms with Crippen LogP contribution in [0.3, 0.4) is 0 Å². The van der Waals surface area contributed by atoms with Crippen molar-refractivity contribution >= 4 is 5.91 Å². The highest BCUT2D eigenvalue weighted by atomic mass is 19.1. The molecule has 0 fully saturated rings. The lowest BCUT2D eigenvalue weighted by Crippen LogP contribution is -2.47. The van der Waals surface area contributed by atoms with E-state index in [2.05, 4.69) is 10.2 Å². The van der Waals surface area contributed by atoms with E-state index in [1.165, 1.54) is 17.7 Å². The Morgan fingerprint density at radius 3 is 2.43 bits per heavy atom. The summed E-state index contributed by atoms with van der Waals surface area (Å²) < 4.78 is 23.7. The summed E-state index contributed by atoms with van der Waals surface area (Å²) in [6, 6.07) is 10.2. The van der Waals surface area contributed by atoms with Gasteiger partial charge in [0.25, 0.3) is 0 Å². The summed E-state index contributed by atoms with van der Waals surface area (Å²) in [5.74, 6) is 1.20. The van der Waals surface area contributed by atoms with Gasteiger partial charge in [-0.3, -0.25) is 9.69 Å². The molecule has 150 valence electrons. The number of carbonyl (C=O) groups excluding carboxylic acids is 1. The van der Waals surface area contributed by atoms with Crippen LogP contribution in [-0.4, -0.2) is 44.2 Å². The fourth-order valence-corrected chi connectivity index (χ4v) is 3.53. The van der Waals surface area contributed by atoms with Gasteiger partial charge < -0.3 is 14.8 Å². The number of halogens is 1. The summed E-state index contributed by atoms with van der Waals surface area (Å²) in [5.41, 5.74) is 3.40. The molecule has 2 aromatic carbocycles. The molecule has 1 heterocycles. The first-order valence-corrected chi connectivity index (χ1v) is 9.51. The third kappa shape index (κ3) is 4.62. The van der Waals surface area contributed by atoms with E-state index in [0.717, 1.165) is 29.8 Å². The lowest BCUT2D eigenvalue weighted by molar-refractivity contribution is -0.126. The highest BCUT2D eigenvalue weighted by Crippen LogP contribution is 2.33. The van der Waals surface area contributed by atoms with Crippen molar-refractivity contribution in [3.05, 3.63) is 58.9 Å². The number of benzene rings is 2. The van der Waals surface area contributed by atoms with Gasteiger partial charge >= 0.3 is 0 Å². The van der Waals surface area contributed by atoms with E-state index < -0.39 is 0 Å². The van der Waals surface area contributed by atoms with Crippen molar-refractivity contribution in [3.8, 4) is 11.5 Å². The minimum atomic E-state index is -0.249. The SMILES string of the molecule is COc1cc2c(cc1OC)CN(C(C)C(=O)NCCc1ccc(F)cc1)CC2. The Kier molecular flexibility index (Phi) is 6.52. The van der Waals surface area contributed by atoms with E-state index in [9.17, 15) is 9.18 Å². The van der Waals surface area contributed by atoms with Gasteiger partial charge in [-0.05, 0) is 60.7 Å². The van der Waals surface area contributed by atoms with Gasteiger partial charge in [0, 0.05) is 19.6 Å². The molecule has 1 aliphatic heterocycles. The van der Waals surface area contributed by atoms with Crippen LogP contribution < -0.4 is 14.8 Å². The fraction of sp³-hybridized carbons (Fsp3) is 0.409. The molecule has 1 atom stereocenters. The molecule has 5 nitrogen and oxygen atoms in total. The average Bonchev–Trinajstić information content (AvgIpc) is 2.73. The zero-order chi connectivity index (χ0) is 20.1. The molecule has 1 aliphatic rings. The average molecular weight is 386 g/mol. The molecule has 2 aromatic rings. The molecule has 1 N–H and O–H groups in total. The van der Waals surface area contributed by atoms with Gasteiger partial charge in [0.05, 0.1) is 20.3 Å². The summed E-state index contributed by atoms with van der Waals surface area (Å²) in [6.45, 7) is 3.97. The summed E-state index contributed by atoms with van der Waals surface area (Å²) in [7, 11) is 3.26. The van der Waals surface area contributed by atoms with Crippen LogP contribution in [-0.2, 0) is 24.2 Å². The number of hydrogen-bond donors (Lipinski definition) is 1.